The Labute approximate surface area is 103 Å². The lowest BCUT2D eigenvalue weighted by Crippen LogP contribution is -2.27. The van der Waals surface area contributed by atoms with Gasteiger partial charge in [0.2, 0.25) is 5.91 Å². The summed E-state index contributed by atoms with van der Waals surface area (Å²) in [6.45, 7) is 0. The van der Waals surface area contributed by atoms with Crippen LogP contribution in [0.3, 0.4) is 0 Å². The Morgan fingerprint density at radius 3 is 2.11 bits per heavy atom. The van der Waals surface area contributed by atoms with Crippen molar-refractivity contribution >= 4 is 18.5 Å². The van der Waals surface area contributed by atoms with Crippen molar-refractivity contribution in [1.82, 2.24) is 0 Å². The standard InChI is InChI=1S/C12H13NO5/c13-10(17)4-9(16)12(18)11-7(5-14)2-1-3-8(11)6-15/h1-3,5-6,9,12,16,18H,4H2,(H2,13,17). The van der Waals surface area contributed by atoms with Crippen LogP contribution in [0.5, 0.6) is 0 Å². The molecule has 0 aliphatic heterocycles. The number of aliphatic hydroxyl groups excluding tert-OH is 2. The number of aldehydes is 2. The molecule has 0 heterocycles. The van der Waals surface area contributed by atoms with E-state index in [4.69, 9.17) is 5.73 Å². The molecule has 96 valence electrons. The van der Waals surface area contributed by atoms with E-state index in [1.165, 1.54) is 18.2 Å². The number of hydrogen-bond acceptors (Lipinski definition) is 5. The fourth-order valence-electron chi connectivity index (χ4n) is 1.66. The van der Waals surface area contributed by atoms with Gasteiger partial charge in [-0.15, -0.1) is 0 Å². The molecular weight excluding hydrogens is 238 g/mol. The highest BCUT2D eigenvalue weighted by Gasteiger charge is 2.25. The SMILES string of the molecule is NC(=O)CC(O)C(O)c1c(C=O)cccc1C=O. The lowest BCUT2D eigenvalue weighted by Gasteiger charge is -2.19. The van der Waals surface area contributed by atoms with Crippen LogP contribution in [0.15, 0.2) is 18.2 Å². The Balaban J connectivity index is 3.17. The first-order valence-electron chi connectivity index (χ1n) is 5.19. The maximum Gasteiger partial charge on any atom is 0.220 e. The van der Waals surface area contributed by atoms with Crippen LogP contribution in [-0.4, -0.2) is 34.8 Å². The molecule has 2 unspecified atom stereocenters. The van der Waals surface area contributed by atoms with Crippen molar-refractivity contribution in [2.75, 3.05) is 0 Å². The second kappa shape index (κ2) is 6.04. The van der Waals surface area contributed by atoms with Gasteiger partial charge in [-0.05, 0) is 0 Å². The van der Waals surface area contributed by atoms with Gasteiger partial charge in [0, 0.05) is 16.7 Å². The molecule has 0 saturated heterocycles. The van der Waals surface area contributed by atoms with Gasteiger partial charge < -0.3 is 15.9 Å². The Bertz CT molecular complexity index is 445. The summed E-state index contributed by atoms with van der Waals surface area (Å²) in [5.74, 6) is -0.794. The fourth-order valence-corrected chi connectivity index (χ4v) is 1.66. The second-order valence-corrected chi connectivity index (χ2v) is 3.77. The molecule has 1 rings (SSSR count). The third-order valence-electron chi connectivity index (χ3n) is 2.50. The molecular formula is C12H13NO5. The molecule has 0 radical (unpaired) electrons. The summed E-state index contributed by atoms with van der Waals surface area (Å²) in [7, 11) is 0. The number of carbonyl (C=O) groups excluding carboxylic acids is 3. The van der Waals surface area contributed by atoms with E-state index in [2.05, 4.69) is 0 Å². The van der Waals surface area contributed by atoms with Crippen LogP contribution in [0.2, 0.25) is 0 Å². The zero-order chi connectivity index (χ0) is 13.7. The van der Waals surface area contributed by atoms with Gasteiger partial charge in [0.25, 0.3) is 0 Å². The minimum atomic E-state index is -1.53. The van der Waals surface area contributed by atoms with Crippen LogP contribution in [-0.2, 0) is 4.79 Å². The van der Waals surface area contributed by atoms with E-state index < -0.39 is 24.5 Å². The first kappa shape index (κ1) is 14.0. The minimum Gasteiger partial charge on any atom is -0.390 e. The van der Waals surface area contributed by atoms with Crippen molar-refractivity contribution in [1.29, 1.82) is 0 Å². The third kappa shape index (κ3) is 2.99. The van der Waals surface area contributed by atoms with Crippen molar-refractivity contribution in [2.45, 2.75) is 18.6 Å². The van der Waals surface area contributed by atoms with E-state index in [0.717, 1.165) is 0 Å². The molecule has 6 nitrogen and oxygen atoms in total. The summed E-state index contributed by atoms with van der Waals surface area (Å²) in [5, 5.41) is 19.5. The molecule has 6 heteroatoms. The molecule has 1 amide bonds. The monoisotopic (exact) mass is 251 g/mol. The van der Waals surface area contributed by atoms with E-state index >= 15 is 0 Å². The minimum absolute atomic E-state index is 0.00347. The van der Waals surface area contributed by atoms with Crippen molar-refractivity contribution in [3.05, 3.63) is 34.9 Å². The molecule has 0 saturated carbocycles. The van der Waals surface area contributed by atoms with Gasteiger partial charge in [-0.3, -0.25) is 14.4 Å². The smallest absolute Gasteiger partial charge is 0.220 e. The summed E-state index contributed by atoms with van der Waals surface area (Å²) >= 11 is 0. The molecule has 1 aromatic rings. The number of benzene rings is 1. The number of carbonyl (C=O) groups is 3. The number of hydrogen-bond donors (Lipinski definition) is 3. The molecule has 0 fully saturated rings. The van der Waals surface area contributed by atoms with E-state index in [1.807, 2.05) is 0 Å². The molecule has 1 aromatic carbocycles. The maximum atomic E-state index is 10.8. The lowest BCUT2D eigenvalue weighted by molar-refractivity contribution is -0.121. The quantitative estimate of drug-likeness (QED) is 0.593. The Kier molecular flexibility index (Phi) is 4.70. The van der Waals surface area contributed by atoms with Crippen LogP contribution in [0, 0.1) is 0 Å². The average molecular weight is 251 g/mol. The topological polar surface area (TPSA) is 118 Å². The largest absolute Gasteiger partial charge is 0.390 e. The molecule has 0 spiro atoms. The summed E-state index contributed by atoms with van der Waals surface area (Å²) in [4.78, 5) is 32.4. The van der Waals surface area contributed by atoms with Gasteiger partial charge in [-0.25, -0.2) is 0 Å². The van der Waals surface area contributed by atoms with Crippen LogP contribution < -0.4 is 5.73 Å². The number of amides is 1. The Morgan fingerprint density at radius 1 is 1.22 bits per heavy atom. The highest BCUT2D eigenvalue weighted by atomic mass is 16.3. The van der Waals surface area contributed by atoms with E-state index in [-0.39, 0.29) is 16.7 Å². The zero-order valence-electron chi connectivity index (χ0n) is 9.45. The summed E-state index contributed by atoms with van der Waals surface area (Å²) in [6, 6.07) is 4.27. The van der Waals surface area contributed by atoms with Crippen molar-refractivity contribution in [3.8, 4) is 0 Å². The molecule has 4 N–H and O–H groups in total. The Hall–Kier alpha value is -2.05. The van der Waals surface area contributed by atoms with Gasteiger partial charge in [-0.1, -0.05) is 18.2 Å². The summed E-state index contributed by atoms with van der Waals surface area (Å²) in [6.07, 6.45) is -2.54. The van der Waals surface area contributed by atoms with Crippen LogP contribution in [0.4, 0.5) is 0 Å². The van der Waals surface area contributed by atoms with Gasteiger partial charge in [0.15, 0.2) is 0 Å². The average Bonchev–Trinajstić information content (AvgIpc) is 2.35. The van der Waals surface area contributed by atoms with Gasteiger partial charge >= 0.3 is 0 Å². The van der Waals surface area contributed by atoms with E-state index in [1.54, 1.807) is 0 Å². The maximum absolute atomic E-state index is 10.8. The fraction of sp³-hybridized carbons (Fsp3) is 0.250. The first-order valence-corrected chi connectivity index (χ1v) is 5.19. The van der Waals surface area contributed by atoms with Crippen molar-refractivity contribution < 1.29 is 24.6 Å². The lowest BCUT2D eigenvalue weighted by atomic mass is 9.93. The number of primary amides is 1. The summed E-state index contributed by atoms with van der Waals surface area (Å²) < 4.78 is 0. The molecule has 0 aromatic heterocycles. The second-order valence-electron chi connectivity index (χ2n) is 3.77. The predicted octanol–water partition coefficient (Wildman–Crippen LogP) is -0.419. The van der Waals surface area contributed by atoms with E-state index in [9.17, 15) is 24.6 Å². The first-order chi connectivity index (χ1) is 8.51. The molecule has 0 aliphatic carbocycles. The number of rotatable bonds is 6. The molecule has 18 heavy (non-hydrogen) atoms. The highest BCUT2D eigenvalue weighted by molar-refractivity contribution is 5.86. The van der Waals surface area contributed by atoms with Crippen LogP contribution in [0.25, 0.3) is 0 Å². The summed E-state index contributed by atoms with van der Waals surface area (Å²) in [5.41, 5.74) is 5.06. The number of aliphatic hydroxyl groups is 2. The third-order valence-corrected chi connectivity index (χ3v) is 2.50. The predicted molar refractivity (Wildman–Crippen MR) is 62.0 cm³/mol. The number of nitrogens with two attached hydrogens (primary N) is 1. The molecule has 0 bridgehead atoms. The highest BCUT2D eigenvalue weighted by Crippen LogP contribution is 2.24. The molecule has 0 aliphatic rings. The molecule has 2 atom stereocenters. The van der Waals surface area contributed by atoms with Gasteiger partial charge in [0.05, 0.1) is 12.5 Å². The van der Waals surface area contributed by atoms with Crippen LogP contribution in [0.1, 0.15) is 38.8 Å². The van der Waals surface area contributed by atoms with E-state index in [0.29, 0.717) is 12.6 Å². The Morgan fingerprint density at radius 2 is 1.72 bits per heavy atom. The normalized spacial score (nSPS) is 13.7. The van der Waals surface area contributed by atoms with Gasteiger partial charge in [0.1, 0.15) is 18.7 Å². The van der Waals surface area contributed by atoms with Crippen molar-refractivity contribution in [3.63, 3.8) is 0 Å². The van der Waals surface area contributed by atoms with Crippen LogP contribution >= 0.6 is 0 Å². The van der Waals surface area contributed by atoms with Crippen molar-refractivity contribution in [2.24, 2.45) is 5.73 Å². The zero-order valence-corrected chi connectivity index (χ0v) is 9.45. The van der Waals surface area contributed by atoms with Gasteiger partial charge in [-0.2, -0.15) is 0 Å².